The summed E-state index contributed by atoms with van der Waals surface area (Å²) in [6.45, 7) is 1.52. The molecule has 0 amide bonds. The minimum absolute atomic E-state index is 0.0261. The van der Waals surface area contributed by atoms with Gasteiger partial charge in [-0.25, -0.2) is 13.1 Å². The molecular formula is C17H19N3O4S. The fraction of sp³-hybridized carbons (Fsp3) is 0.294. The molecule has 0 saturated carbocycles. The highest BCUT2D eigenvalue weighted by molar-refractivity contribution is 7.89. The molecule has 3 N–H and O–H groups in total. The van der Waals surface area contributed by atoms with Crippen molar-refractivity contribution in [2.24, 2.45) is 0 Å². The van der Waals surface area contributed by atoms with E-state index >= 15 is 0 Å². The minimum Gasteiger partial charge on any atom is -0.399 e. The molecule has 0 fully saturated rings. The summed E-state index contributed by atoms with van der Waals surface area (Å²) in [5.74, 6) is 0. The summed E-state index contributed by atoms with van der Waals surface area (Å²) in [4.78, 5) is 10.4. The number of hydrogen-bond donors (Lipinski definition) is 2. The van der Waals surface area contributed by atoms with Gasteiger partial charge in [-0.05, 0) is 61.6 Å². The van der Waals surface area contributed by atoms with Crippen LogP contribution in [-0.2, 0) is 16.4 Å². The van der Waals surface area contributed by atoms with Crippen LogP contribution in [0.25, 0.3) is 0 Å². The number of benzene rings is 2. The molecule has 8 heteroatoms. The van der Waals surface area contributed by atoms with Crippen molar-refractivity contribution < 1.29 is 13.3 Å². The Labute approximate surface area is 146 Å². The first-order chi connectivity index (χ1) is 11.8. The lowest BCUT2D eigenvalue weighted by molar-refractivity contribution is -0.385. The predicted octanol–water partition coefficient (Wildman–Crippen LogP) is 2.84. The molecular weight excluding hydrogens is 342 g/mol. The molecule has 0 bridgehead atoms. The van der Waals surface area contributed by atoms with Gasteiger partial charge < -0.3 is 5.73 Å². The number of nitro benzene ring substituents is 1. The first-order valence-corrected chi connectivity index (χ1v) is 9.42. The lowest BCUT2D eigenvalue weighted by Crippen LogP contribution is -2.31. The van der Waals surface area contributed by atoms with E-state index in [1.807, 2.05) is 12.1 Å². The predicted molar refractivity (Wildman–Crippen MR) is 94.7 cm³/mol. The van der Waals surface area contributed by atoms with Crippen LogP contribution in [0, 0.1) is 17.0 Å². The molecule has 25 heavy (non-hydrogen) atoms. The summed E-state index contributed by atoms with van der Waals surface area (Å²) in [7, 11) is -3.78. The molecule has 1 aliphatic carbocycles. The Morgan fingerprint density at radius 1 is 1.24 bits per heavy atom. The van der Waals surface area contributed by atoms with Gasteiger partial charge in [0.05, 0.1) is 9.82 Å². The van der Waals surface area contributed by atoms with Gasteiger partial charge >= 0.3 is 0 Å². The van der Waals surface area contributed by atoms with Crippen molar-refractivity contribution >= 4 is 21.4 Å². The number of anilines is 1. The van der Waals surface area contributed by atoms with Crippen molar-refractivity contribution in [2.45, 2.75) is 37.1 Å². The Morgan fingerprint density at radius 2 is 2.00 bits per heavy atom. The van der Waals surface area contributed by atoms with E-state index in [4.69, 9.17) is 5.73 Å². The van der Waals surface area contributed by atoms with Crippen molar-refractivity contribution in [2.75, 3.05) is 5.73 Å². The number of fused-ring (bicyclic) bond motifs is 1. The maximum absolute atomic E-state index is 12.7. The van der Waals surface area contributed by atoms with E-state index in [1.165, 1.54) is 25.1 Å². The van der Waals surface area contributed by atoms with E-state index in [0.29, 0.717) is 17.7 Å². The molecule has 2 aromatic carbocycles. The standard InChI is InChI=1S/C17H19N3O4S/c1-11-9-14(6-8-17(11)20(21)22)25(23,24)19-16-4-2-3-12-10-13(18)5-7-15(12)16/h5-10,16,19H,2-4,18H2,1H3. The Hall–Kier alpha value is -2.45. The van der Waals surface area contributed by atoms with Gasteiger partial charge in [-0.1, -0.05) is 6.07 Å². The Morgan fingerprint density at radius 3 is 2.68 bits per heavy atom. The number of sulfonamides is 1. The second-order valence-corrected chi connectivity index (χ2v) is 7.94. The lowest BCUT2D eigenvalue weighted by Gasteiger charge is -2.26. The molecule has 1 aliphatic rings. The van der Waals surface area contributed by atoms with Gasteiger partial charge in [-0.2, -0.15) is 0 Å². The number of aryl methyl sites for hydroxylation is 2. The third kappa shape index (κ3) is 3.49. The molecule has 1 atom stereocenters. The molecule has 3 rings (SSSR count). The van der Waals surface area contributed by atoms with Crippen molar-refractivity contribution in [1.82, 2.24) is 4.72 Å². The fourth-order valence-corrected chi connectivity index (χ4v) is 4.55. The number of nitrogens with one attached hydrogen (secondary N) is 1. The van der Waals surface area contributed by atoms with E-state index in [0.717, 1.165) is 24.0 Å². The quantitative estimate of drug-likeness (QED) is 0.493. The molecule has 1 unspecified atom stereocenters. The molecule has 132 valence electrons. The van der Waals surface area contributed by atoms with E-state index < -0.39 is 14.9 Å². The van der Waals surface area contributed by atoms with Crippen molar-refractivity contribution in [3.05, 3.63) is 63.2 Å². The number of nitro groups is 1. The van der Waals surface area contributed by atoms with Crippen molar-refractivity contribution in [1.29, 1.82) is 0 Å². The molecule has 0 spiro atoms. The molecule has 0 aliphatic heterocycles. The Kier molecular flexibility index (Phi) is 4.49. The van der Waals surface area contributed by atoms with Crippen LogP contribution < -0.4 is 10.5 Å². The first kappa shape index (κ1) is 17.4. The maximum atomic E-state index is 12.7. The molecule has 0 aromatic heterocycles. The van der Waals surface area contributed by atoms with E-state index in [2.05, 4.69) is 4.72 Å². The van der Waals surface area contributed by atoms with E-state index in [-0.39, 0.29) is 16.6 Å². The normalized spacial score (nSPS) is 17.1. The van der Waals surface area contributed by atoms with E-state index in [1.54, 1.807) is 6.07 Å². The first-order valence-electron chi connectivity index (χ1n) is 7.93. The monoisotopic (exact) mass is 361 g/mol. The van der Waals surface area contributed by atoms with Gasteiger partial charge in [0.1, 0.15) is 0 Å². The molecule has 0 saturated heterocycles. The topological polar surface area (TPSA) is 115 Å². The summed E-state index contributed by atoms with van der Waals surface area (Å²) >= 11 is 0. The minimum atomic E-state index is -3.78. The van der Waals surface area contributed by atoms with Crippen LogP contribution in [0.15, 0.2) is 41.3 Å². The molecule has 0 radical (unpaired) electrons. The zero-order chi connectivity index (χ0) is 18.2. The summed E-state index contributed by atoms with van der Waals surface area (Å²) in [5.41, 5.74) is 8.67. The zero-order valence-electron chi connectivity index (χ0n) is 13.7. The SMILES string of the molecule is Cc1cc(S(=O)(=O)NC2CCCc3cc(N)ccc32)ccc1[N+](=O)[O-]. The smallest absolute Gasteiger partial charge is 0.272 e. The van der Waals surface area contributed by atoms with Crippen molar-refractivity contribution in [3.63, 3.8) is 0 Å². The van der Waals surface area contributed by atoms with Gasteiger partial charge in [-0.3, -0.25) is 10.1 Å². The summed E-state index contributed by atoms with van der Waals surface area (Å²) in [6, 6.07) is 8.99. The maximum Gasteiger partial charge on any atom is 0.272 e. The van der Waals surface area contributed by atoms with Crippen LogP contribution in [0.4, 0.5) is 11.4 Å². The van der Waals surface area contributed by atoms with Crippen LogP contribution in [0.3, 0.4) is 0 Å². The Bertz CT molecular complexity index is 941. The van der Waals surface area contributed by atoms with Crippen LogP contribution in [0.5, 0.6) is 0 Å². The largest absolute Gasteiger partial charge is 0.399 e. The third-order valence-electron chi connectivity index (χ3n) is 4.45. The molecule has 2 aromatic rings. The van der Waals surface area contributed by atoms with Crippen LogP contribution in [0.1, 0.15) is 35.6 Å². The highest BCUT2D eigenvalue weighted by Crippen LogP contribution is 2.32. The summed E-state index contributed by atoms with van der Waals surface area (Å²) < 4.78 is 28.1. The van der Waals surface area contributed by atoms with Gasteiger partial charge in [0.2, 0.25) is 10.0 Å². The fourth-order valence-electron chi connectivity index (χ4n) is 3.21. The average molecular weight is 361 g/mol. The summed E-state index contributed by atoms with van der Waals surface area (Å²) in [6.07, 6.45) is 2.43. The van der Waals surface area contributed by atoms with Crippen molar-refractivity contribution in [3.8, 4) is 0 Å². The highest BCUT2D eigenvalue weighted by Gasteiger charge is 2.26. The second-order valence-electron chi connectivity index (χ2n) is 6.23. The number of nitrogen functional groups attached to an aromatic ring is 1. The number of nitrogens with zero attached hydrogens (tertiary/aromatic N) is 1. The van der Waals surface area contributed by atoms with Crippen LogP contribution in [0.2, 0.25) is 0 Å². The van der Waals surface area contributed by atoms with Gasteiger partial charge in [0.15, 0.2) is 0 Å². The number of rotatable bonds is 4. The molecule has 0 heterocycles. The number of nitrogens with two attached hydrogens (primary N) is 1. The van der Waals surface area contributed by atoms with Crippen LogP contribution in [-0.4, -0.2) is 13.3 Å². The summed E-state index contributed by atoms with van der Waals surface area (Å²) in [5, 5.41) is 10.9. The zero-order valence-corrected chi connectivity index (χ0v) is 14.5. The third-order valence-corrected chi connectivity index (χ3v) is 5.92. The van der Waals surface area contributed by atoms with Gasteiger partial charge in [0.25, 0.3) is 5.69 Å². The second kappa shape index (κ2) is 6.45. The Balaban J connectivity index is 1.91. The van der Waals surface area contributed by atoms with E-state index in [9.17, 15) is 18.5 Å². The molecule has 7 nitrogen and oxygen atoms in total. The van der Waals surface area contributed by atoms with Crippen LogP contribution >= 0.6 is 0 Å². The number of hydrogen-bond acceptors (Lipinski definition) is 5. The lowest BCUT2D eigenvalue weighted by atomic mass is 9.88. The highest BCUT2D eigenvalue weighted by atomic mass is 32.2. The van der Waals surface area contributed by atoms with Gasteiger partial charge in [0, 0.05) is 23.4 Å². The average Bonchev–Trinajstić information content (AvgIpc) is 2.54. The van der Waals surface area contributed by atoms with Gasteiger partial charge in [-0.15, -0.1) is 0 Å².